The highest BCUT2D eigenvalue weighted by Crippen LogP contribution is 2.25. The average molecular weight is 365 g/mol. The molecular weight excluding hydrogens is 342 g/mol. The monoisotopic (exact) mass is 365 g/mol. The molecule has 0 saturated heterocycles. The van der Waals surface area contributed by atoms with Gasteiger partial charge in [0.15, 0.2) is 0 Å². The summed E-state index contributed by atoms with van der Waals surface area (Å²) in [6.45, 7) is 8.58. The highest BCUT2D eigenvalue weighted by molar-refractivity contribution is 7.12. The third kappa shape index (κ3) is 4.14. The molecule has 3 nitrogen and oxygen atoms in total. The number of amides is 1. The van der Waals surface area contributed by atoms with E-state index in [0.29, 0.717) is 11.5 Å². The van der Waals surface area contributed by atoms with E-state index in [9.17, 15) is 4.79 Å². The Balaban J connectivity index is 1.66. The summed E-state index contributed by atoms with van der Waals surface area (Å²) in [6, 6.07) is 14.0. The summed E-state index contributed by atoms with van der Waals surface area (Å²) in [5, 5.41) is 4.97. The molecule has 134 valence electrons. The van der Waals surface area contributed by atoms with Gasteiger partial charge in [-0.1, -0.05) is 35.9 Å². The van der Waals surface area contributed by atoms with Crippen molar-refractivity contribution in [1.82, 2.24) is 0 Å². The van der Waals surface area contributed by atoms with Crippen LogP contribution in [-0.2, 0) is 6.61 Å². The highest BCUT2D eigenvalue weighted by Gasteiger charge is 2.12. The number of aryl methyl sites for hydroxylation is 4. The fourth-order valence-corrected chi connectivity index (χ4v) is 3.68. The Bertz CT molecular complexity index is 923. The first kappa shape index (κ1) is 18.2. The van der Waals surface area contributed by atoms with Crippen molar-refractivity contribution in [2.24, 2.45) is 0 Å². The molecule has 1 amide bonds. The summed E-state index contributed by atoms with van der Waals surface area (Å²) >= 11 is 1.44. The Labute approximate surface area is 158 Å². The van der Waals surface area contributed by atoms with E-state index >= 15 is 0 Å². The quantitative estimate of drug-likeness (QED) is 0.619. The third-order valence-corrected chi connectivity index (χ3v) is 5.28. The zero-order valence-corrected chi connectivity index (χ0v) is 16.4. The van der Waals surface area contributed by atoms with Crippen molar-refractivity contribution in [1.29, 1.82) is 0 Å². The minimum Gasteiger partial charge on any atom is -0.488 e. The number of carbonyl (C=O) groups excluding carboxylic acids is 1. The Morgan fingerprint density at radius 2 is 1.73 bits per heavy atom. The molecular formula is C22H23NO2S. The fourth-order valence-electron chi connectivity index (χ4n) is 2.89. The Morgan fingerprint density at radius 3 is 2.42 bits per heavy atom. The van der Waals surface area contributed by atoms with E-state index < -0.39 is 0 Å². The van der Waals surface area contributed by atoms with Crippen molar-refractivity contribution in [2.45, 2.75) is 34.3 Å². The number of anilines is 1. The maximum atomic E-state index is 12.5. The molecule has 0 radical (unpaired) electrons. The first-order valence-electron chi connectivity index (χ1n) is 8.59. The van der Waals surface area contributed by atoms with Crippen LogP contribution in [0.15, 0.2) is 47.8 Å². The molecule has 3 rings (SSSR count). The van der Waals surface area contributed by atoms with Crippen LogP contribution in [0.3, 0.4) is 0 Å². The molecule has 4 heteroatoms. The normalized spacial score (nSPS) is 10.6. The molecule has 2 aromatic carbocycles. The van der Waals surface area contributed by atoms with Crippen molar-refractivity contribution < 1.29 is 9.53 Å². The van der Waals surface area contributed by atoms with Crippen molar-refractivity contribution >= 4 is 22.9 Å². The van der Waals surface area contributed by atoms with E-state index in [-0.39, 0.29) is 5.91 Å². The van der Waals surface area contributed by atoms with Crippen LogP contribution in [0.5, 0.6) is 5.75 Å². The van der Waals surface area contributed by atoms with Crippen molar-refractivity contribution in [2.75, 3.05) is 5.32 Å². The largest absolute Gasteiger partial charge is 0.488 e. The molecule has 26 heavy (non-hydrogen) atoms. The molecule has 0 bridgehead atoms. The van der Waals surface area contributed by atoms with Gasteiger partial charge in [-0.3, -0.25) is 4.79 Å². The second-order valence-corrected chi connectivity index (χ2v) is 7.51. The van der Waals surface area contributed by atoms with Gasteiger partial charge in [0.1, 0.15) is 12.4 Å². The first-order valence-corrected chi connectivity index (χ1v) is 9.47. The third-order valence-electron chi connectivity index (χ3n) is 4.30. The van der Waals surface area contributed by atoms with Crippen LogP contribution >= 0.6 is 11.3 Å². The van der Waals surface area contributed by atoms with E-state index in [0.717, 1.165) is 33.7 Å². The lowest BCUT2D eigenvalue weighted by Gasteiger charge is -2.11. The van der Waals surface area contributed by atoms with Crippen LogP contribution in [0.25, 0.3) is 0 Å². The van der Waals surface area contributed by atoms with Crippen LogP contribution in [0.2, 0.25) is 0 Å². The summed E-state index contributed by atoms with van der Waals surface area (Å²) in [7, 11) is 0. The number of ether oxygens (including phenoxy) is 1. The van der Waals surface area contributed by atoms with Gasteiger partial charge in [0.2, 0.25) is 0 Å². The second-order valence-electron chi connectivity index (χ2n) is 6.60. The van der Waals surface area contributed by atoms with Crippen molar-refractivity contribution in [3.63, 3.8) is 0 Å². The van der Waals surface area contributed by atoms with E-state index in [1.165, 1.54) is 16.9 Å². The molecule has 3 aromatic rings. The number of para-hydroxylation sites is 1. The molecule has 1 heterocycles. The molecule has 0 unspecified atom stereocenters. The van der Waals surface area contributed by atoms with Crippen LogP contribution in [-0.4, -0.2) is 5.91 Å². The van der Waals surface area contributed by atoms with Gasteiger partial charge in [-0.25, -0.2) is 0 Å². The summed E-state index contributed by atoms with van der Waals surface area (Å²) in [6.07, 6.45) is 0. The topological polar surface area (TPSA) is 38.3 Å². The predicted octanol–water partition coefficient (Wildman–Crippen LogP) is 5.81. The van der Waals surface area contributed by atoms with Crippen molar-refractivity contribution in [3.8, 4) is 5.75 Å². The second kappa shape index (κ2) is 7.75. The number of hydrogen-bond acceptors (Lipinski definition) is 3. The molecule has 0 aliphatic carbocycles. The number of rotatable bonds is 5. The van der Waals surface area contributed by atoms with E-state index in [1.807, 2.05) is 69.5 Å². The van der Waals surface area contributed by atoms with Gasteiger partial charge in [0, 0.05) is 11.3 Å². The molecule has 1 aromatic heterocycles. The standard InChI is InChI=1S/C22H23NO2S/c1-14-8-9-19(17(4)10-14)23-22(24)20-11-18(13-26-20)12-25-21-15(2)6-5-7-16(21)3/h5-11,13H,12H2,1-4H3,(H,23,24). The van der Waals surface area contributed by atoms with Gasteiger partial charge in [-0.15, -0.1) is 11.3 Å². The fraction of sp³-hybridized carbons (Fsp3) is 0.227. The van der Waals surface area contributed by atoms with Crippen molar-refractivity contribution in [3.05, 3.63) is 80.5 Å². The molecule has 0 spiro atoms. The summed E-state index contributed by atoms with van der Waals surface area (Å²) in [5.41, 5.74) is 6.34. The highest BCUT2D eigenvalue weighted by atomic mass is 32.1. The number of benzene rings is 2. The van der Waals surface area contributed by atoms with E-state index in [1.54, 1.807) is 0 Å². The van der Waals surface area contributed by atoms with Crippen LogP contribution in [0, 0.1) is 27.7 Å². The smallest absolute Gasteiger partial charge is 0.265 e. The first-order chi connectivity index (χ1) is 12.4. The number of hydrogen-bond donors (Lipinski definition) is 1. The Morgan fingerprint density at radius 1 is 1.00 bits per heavy atom. The minimum absolute atomic E-state index is 0.0831. The van der Waals surface area contributed by atoms with Gasteiger partial charge < -0.3 is 10.1 Å². The zero-order chi connectivity index (χ0) is 18.7. The average Bonchev–Trinajstić information content (AvgIpc) is 3.06. The summed E-state index contributed by atoms with van der Waals surface area (Å²) < 4.78 is 5.97. The van der Waals surface area contributed by atoms with E-state index in [2.05, 4.69) is 11.4 Å². The number of nitrogens with one attached hydrogen (secondary N) is 1. The predicted molar refractivity (Wildman–Crippen MR) is 108 cm³/mol. The van der Waals surface area contributed by atoms with E-state index in [4.69, 9.17) is 4.74 Å². The van der Waals surface area contributed by atoms with Crippen LogP contribution < -0.4 is 10.1 Å². The molecule has 0 fully saturated rings. The SMILES string of the molecule is Cc1ccc(NC(=O)c2cc(COc3c(C)cccc3C)cs2)c(C)c1. The van der Waals surface area contributed by atoms with Crippen LogP contribution in [0.1, 0.15) is 37.5 Å². The minimum atomic E-state index is -0.0831. The lowest BCUT2D eigenvalue weighted by atomic mass is 10.1. The van der Waals surface area contributed by atoms with Gasteiger partial charge in [0.25, 0.3) is 5.91 Å². The molecule has 0 atom stereocenters. The molecule has 0 aliphatic heterocycles. The van der Waals surface area contributed by atoms with Crippen LogP contribution in [0.4, 0.5) is 5.69 Å². The Hall–Kier alpha value is -2.59. The molecule has 1 N–H and O–H groups in total. The maximum Gasteiger partial charge on any atom is 0.265 e. The number of carbonyl (C=O) groups is 1. The Kier molecular flexibility index (Phi) is 5.43. The lowest BCUT2D eigenvalue weighted by Crippen LogP contribution is -2.11. The zero-order valence-electron chi connectivity index (χ0n) is 15.6. The molecule has 0 saturated carbocycles. The summed E-state index contributed by atoms with van der Waals surface area (Å²) in [4.78, 5) is 13.2. The maximum absolute atomic E-state index is 12.5. The molecule has 0 aliphatic rings. The van der Waals surface area contributed by atoms with Gasteiger partial charge in [0.05, 0.1) is 4.88 Å². The van der Waals surface area contributed by atoms with Gasteiger partial charge in [-0.05, 0) is 61.9 Å². The van der Waals surface area contributed by atoms with Gasteiger partial charge in [-0.2, -0.15) is 0 Å². The van der Waals surface area contributed by atoms with Gasteiger partial charge >= 0.3 is 0 Å². The number of thiophene rings is 1. The summed E-state index contributed by atoms with van der Waals surface area (Å²) in [5.74, 6) is 0.834. The lowest BCUT2D eigenvalue weighted by molar-refractivity contribution is 0.103.